The zero-order chi connectivity index (χ0) is 14.1. The number of hydrogen-bond acceptors (Lipinski definition) is 3. The first kappa shape index (κ1) is 14.4. The van der Waals surface area contributed by atoms with Crippen LogP contribution in [0.25, 0.3) is 0 Å². The summed E-state index contributed by atoms with van der Waals surface area (Å²) in [5.74, 6) is -2.16. The molecule has 7 heteroatoms. The van der Waals surface area contributed by atoms with E-state index in [9.17, 15) is 17.2 Å². The second-order valence-corrected chi connectivity index (χ2v) is 6.59. The Morgan fingerprint density at radius 2 is 1.74 bits per heavy atom. The highest BCUT2D eigenvalue weighted by Gasteiger charge is 2.34. The maximum atomic E-state index is 13.6. The van der Waals surface area contributed by atoms with Crippen LogP contribution in [-0.4, -0.2) is 27.0 Å². The van der Waals surface area contributed by atoms with Crippen LogP contribution < -0.4 is 10.0 Å². The molecule has 0 aromatic heterocycles. The Hall–Kier alpha value is -1.05. The molecule has 1 fully saturated rings. The van der Waals surface area contributed by atoms with Crippen molar-refractivity contribution in [3.63, 3.8) is 0 Å². The van der Waals surface area contributed by atoms with E-state index in [1.54, 1.807) is 6.92 Å². The first-order chi connectivity index (χ1) is 8.84. The Morgan fingerprint density at radius 3 is 2.26 bits per heavy atom. The van der Waals surface area contributed by atoms with Crippen LogP contribution in [0.5, 0.6) is 0 Å². The molecular formula is C12H16F2N2O2S. The summed E-state index contributed by atoms with van der Waals surface area (Å²) < 4.78 is 53.8. The summed E-state index contributed by atoms with van der Waals surface area (Å²) in [6, 6.07) is 3.00. The van der Waals surface area contributed by atoms with E-state index in [2.05, 4.69) is 10.0 Å². The minimum absolute atomic E-state index is 0.572. The first-order valence-electron chi connectivity index (χ1n) is 6.03. The summed E-state index contributed by atoms with van der Waals surface area (Å²) >= 11 is 0. The molecule has 0 spiro atoms. The van der Waals surface area contributed by atoms with Gasteiger partial charge in [-0.25, -0.2) is 21.9 Å². The van der Waals surface area contributed by atoms with Gasteiger partial charge in [-0.05, 0) is 45.0 Å². The van der Waals surface area contributed by atoms with Gasteiger partial charge in [0.2, 0.25) is 10.0 Å². The molecule has 1 aliphatic heterocycles. The quantitative estimate of drug-likeness (QED) is 0.884. The van der Waals surface area contributed by atoms with E-state index in [-0.39, 0.29) is 0 Å². The van der Waals surface area contributed by atoms with E-state index in [0.29, 0.717) is 25.9 Å². The molecular weight excluding hydrogens is 274 g/mol. The van der Waals surface area contributed by atoms with Gasteiger partial charge >= 0.3 is 0 Å². The minimum atomic E-state index is -4.21. The molecule has 4 nitrogen and oxygen atoms in total. The van der Waals surface area contributed by atoms with Crippen LogP contribution in [0.3, 0.4) is 0 Å². The molecule has 0 atom stereocenters. The molecule has 1 aromatic carbocycles. The van der Waals surface area contributed by atoms with Crippen molar-refractivity contribution >= 4 is 10.0 Å². The van der Waals surface area contributed by atoms with E-state index < -0.39 is 32.1 Å². The van der Waals surface area contributed by atoms with Crippen molar-refractivity contribution < 1.29 is 17.2 Å². The van der Waals surface area contributed by atoms with Gasteiger partial charge in [0.15, 0.2) is 4.90 Å². The number of rotatable bonds is 3. The van der Waals surface area contributed by atoms with Gasteiger partial charge in [-0.3, -0.25) is 0 Å². The van der Waals surface area contributed by atoms with E-state index in [0.717, 1.165) is 18.2 Å². The molecule has 0 saturated carbocycles. The van der Waals surface area contributed by atoms with Crippen molar-refractivity contribution in [1.29, 1.82) is 0 Å². The summed E-state index contributed by atoms with van der Waals surface area (Å²) in [5.41, 5.74) is -0.682. The Morgan fingerprint density at radius 1 is 1.21 bits per heavy atom. The lowest BCUT2D eigenvalue weighted by molar-refractivity contribution is 0.307. The van der Waals surface area contributed by atoms with Crippen molar-refractivity contribution in [2.45, 2.75) is 30.2 Å². The Kier molecular flexibility index (Phi) is 3.89. The normalized spacial score (nSPS) is 19.3. The Balaban J connectivity index is 2.33. The third-order valence-corrected chi connectivity index (χ3v) is 4.96. The average Bonchev–Trinajstić information content (AvgIpc) is 2.27. The first-order valence-corrected chi connectivity index (χ1v) is 7.51. The van der Waals surface area contributed by atoms with Crippen molar-refractivity contribution in [1.82, 2.24) is 10.0 Å². The van der Waals surface area contributed by atoms with Gasteiger partial charge in [-0.15, -0.1) is 0 Å². The molecule has 1 aliphatic rings. The van der Waals surface area contributed by atoms with Crippen molar-refractivity contribution in [2.75, 3.05) is 13.1 Å². The number of piperidine rings is 1. The van der Waals surface area contributed by atoms with Gasteiger partial charge in [0.25, 0.3) is 0 Å². The standard InChI is InChI=1S/C12H16F2N2O2S/c1-12(5-7-15-8-6-12)16-19(17,18)11-9(13)3-2-4-10(11)14/h2-4,15-16H,5-8H2,1H3. The predicted molar refractivity (Wildman–Crippen MR) is 67.2 cm³/mol. The third kappa shape index (κ3) is 3.10. The van der Waals surface area contributed by atoms with Gasteiger partial charge in [0.05, 0.1) is 0 Å². The lowest BCUT2D eigenvalue weighted by atomic mass is 9.92. The smallest absolute Gasteiger partial charge is 0.246 e. The summed E-state index contributed by atoms with van der Waals surface area (Å²) in [4.78, 5) is -0.908. The van der Waals surface area contributed by atoms with E-state index in [1.807, 2.05) is 0 Å². The van der Waals surface area contributed by atoms with E-state index in [4.69, 9.17) is 0 Å². The number of sulfonamides is 1. The molecule has 0 bridgehead atoms. The molecule has 106 valence electrons. The van der Waals surface area contributed by atoms with Gasteiger partial charge in [-0.1, -0.05) is 6.07 Å². The van der Waals surface area contributed by atoms with Crippen LogP contribution in [0.2, 0.25) is 0 Å². The van der Waals surface area contributed by atoms with Gasteiger partial charge < -0.3 is 5.32 Å². The molecule has 1 aromatic rings. The molecule has 2 N–H and O–H groups in total. The largest absolute Gasteiger partial charge is 0.317 e. The molecule has 1 saturated heterocycles. The second kappa shape index (κ2) is 5.15. The summed E-state index contributed by atoms with van der Waals surface area (Å²) in [5, 5.41) is 3.11. The summed E-state index contributed by atoms with van der Waals surface area (Å²) in [6.45, 7) is 3.07. The highest BCUT2D eigenvalue weighted by atomic mass is 32.2. The zero-order valence-corrected chi connectivity index (χ0v) is 11.4. The van der Waals surface area contributed by atoms with Gasteiger partial charge in [0, 0.05) is 5.54 Å². The fraction of sp³-hybridized carbons (Fsp3) is 0.500. The molecule has 0 radical (unpaired) electrons. The van der Waals surface area contributed by atoms with Crippen LogP contribution in [0.1, 0.15) is 19.8 Å². The van der Waals surface area contributed by atoms with Crippen LogP contribution in [0.15, 0.2) is 23.1 Å². The number of benzene rings is 1. The monoisotopic (exact) mass is 290 g/mol. The van der Waals surface area contributed by atoms with Crippen LogP contribution in [-0.2, 0) is 10.0 Å². The SMILES string of the molecule is CC1(NS(=O)(=O)c2c(F)cccc2F)CCNCC1. The Bertz CT molecular complexity index is 549. The molecule has 0 amide bonds. The van der Waals surface area contributed by atoms with E-state index >= 15 is 0 Å². The van der Waals surface area contributed by atoms with Crippen molar-refractivity contribution in [3.05, 3.63) is 29.8 Å². The van der Waals surface area contributed by atoms with Crippen LogP contribution in [0, 0.1) is 11.6 Å². The van der Waals surface area contributed by atoms with E-state index in [1.165, 1.54) is 0 Å². The van der Waals surface area contributed by atoms with Crippen molar-refractivity contribution in [3.8, 4) is 0 Å². The number of halogens is 2. The zero-order valence-electron chi connectivity index (χ0n) is 10.5. The minimum Gasteiger partial charge on any atom is -0.317 e. The van der Waals surface area contributed by atoms with Gasteiger partial charge in [0.1, 0.15) is 11.6 Å². The maximum Gasteiger partial charge on any atom is 0.246 e. The molecule has 19 heavy (non-hydrogen) atoms. The highest BCUT2D eigenvalue weighted by molar-refractivity contribution is 7.89. The predicted octanol–water partition coefficient (Wildman–Crippen LogP) is 1.39. The number of nitrogens with one attached hydrogen (secondary N) is 2. The molecule has 2 rings (SSSR count). The lowest BCUT2D eigenvalue weighted by Gasteiger charge is -2.34. The summed E-state index contributed by atoms with van der Waals surface area (Å²) in [7, 11) is -4.21. The topological polar surface area (TPSA) is 58.2 Å². The second-order valence-electron chi connectivity index (χ2n) is 4.97. The molecule has 0 aliphatic carbocycles. The fourth-order valence-corrected chi connectivity index (χ4v) is 3.80. The summed E-state index contributed by atoms with van der Waals surface area (Å²) in [6.07, 6.45) is 1.14. The van der Waals surface area contributed by atoms with Crippen LogP contribution >= 0.6 is 0 Å². The number of hydrogen-bond donors (Lipinski definition) is 2. The average molecular weight is 290 g/mol. The highest BCUT2D eigenvalue weighted by Crippen LogP contribution is 2.24. The van der Waals surface area contributed by atoms with Crippen molar-refractivity contribution in [2.24, 2.45) is 0 Å². The third-order valence-electron chi connectivity index (χ3n) is 3.28. The maximum absolute atomic E-state index is 13.6. The fourth-order valence-electron chi connectivity index (χ4n) is 2.20. The molecule has 0 unspecified atom stereocenters. The molecule has 1 heterocycles. The Labute approximate surface area is 111 Å². The lowest BCUT2D eigenvalue weighted by Crippen LogP contribution is -2.52. The van der Waals surface area contributed by atoms with Gasteiger partial charge in [-0.2, -0.15) is 0 Å². The van der Waals surface area contributed by atoms with Crippen LogP contribution in [0.4, 0.5) is 8.78 Å².